The summed E-state index contributed by atoms with van der Waals surface area (Å²) in [4.78, 5) is 46.3. The van der Waals surface area contributed by atoms with Gasteiger partial charge in [-0.05, 0) is 54.2 Å². The maximum Gasteiger partial charge on any atom is 0.336 e. The number of hydrogen-bond acceptors (Lipinski definition) is 11. The highest BCUT2D eigenvalue weighted by atomic mass is 32.1. The number of hydroxylamine groups is 2. The lowest BCUT2D eigenvalue weighted by molar-refractivity contribution is -0.162. The van der Waals surface area contributed by atoms with Crippen molar-refractivity contribution in [1.29, 1.82) is 0 Å². The van der Waals surface area contributed by atoms with Crippen molar-refractivity contribution in [1.82, 2.24) is 10.4 Å². The van der Waals surface area contributed by atoms with E-state index in [0.29, 0.717) is 65.3 Å². The lowest BCUT2D eigenvalue weighted by Crippen LogP contribution is -2.31. The van der Waals surface area contributed by atoms with Gasteiger partial charge in [0.1, 0.15) is 17.1 Å². The van der Waals surface area contributed by atoms with Crippen LogP contribution < -0.4 is 16.1 Å². The molecule has 0 unspecified atom stereocenters. The van der Waals surface area contributed by atoms with Crippen LogP contribution in [-0.4, -0.2) is 101 Å². The quantitative estimate of drug-likeness (QED) is 0.0234. The molecule has 0 saturated heterocycles. The number of aromatic carboxylic acids is 1. The fraction of sp³-hybridized carbons (Fsp3) is 0.242. The molecule has 0 spiro atoms. The first-order chi connectivity index (χ1) is 23.5. The summed E-state index contributed by atoms with van der Waals surface area (Å²) in [5, 5.41) is 45.2. The van der Waals surface area contributed by atoms with Crippen LogP contribution in [-0.2, 0) is 23.8 Å². The Kier molecular flexibility index (Phi) is 13.1. The van der Waals surface area contributed by atoms with E-state index in [2.05, 4.69) is 10.6 Å². The smallest absolute Gasteiger partial charge is 0.336 e. The molecule has 0 radical (unpaired) electrons. The molecule has 1 aliphatic carbocycles. The molecule has 0 fully saturated rings. The summed E-state index contributed by atoms with van der Waals surface area (Å²) >= 11 is 5.35. The predicted octanol–water partition coefficient (Wildman–Crippen LogP) is 3.16. The molecule has 2 aromatic carbocycles. The summed E-state index contributed by atoms with van der Waals surface area (Å²) in [5.74, 6) is -3.15. The Morgan fingerprint density at radius 1 is 0.857 bits per heavy atom. The SMILES string of the molecule is O=C(O)/C=C/C(=O)N(O)CCOCCOCCOCCNC(=S)Nc1ccc(-c2c3ccc(=O)cc-3oc3cc(O)ccc23)c(C(=O)O)c1. The monoisotopic (exact) mass is 695 g/mol. The number of ether oxygens (including phenoxy) is 3. The lowest BCUT2D eigenvalue weighted by Gasteiger charge is -2.18. The van der Waals surface area contributed by atoms with Gasteiger partial charge in [0.05, 0.1) is 51.7 Å². The second kappa shape index (κ2) is 17.7. The zero-order chi connectivity index (χ0) is 35.3. The van der Waals surface area contributed by atoms with E-state index in [1.54, 1.807) is 24.3 Å². The number of carbonyl (C=O) groups excluding carboxylic acids is 1. The summed E-state index contributed by atoms with van der Waals surface area (Å²) in [7, 11) is 0. The van der Waals surface area contributed by atoms with Gasteiger partial charge in [0.2, 0.25) is 0 Å². The largest absolute Gasteiger partial charge is 0.508 e. The third kappa shape index (κ3) is 10.6. The Hall–Kier alpha value is -5.39. The normalized spacial score (nSPS) is 11.2. The molecule has 4 rings (SSSR count). The molecule has 16 heteroatoms. The molecule has 0 atom stereocenters. The number of phenolic OH excluding ortho intramolecular Hbond substituents is 1. The second-order valence-corrected chi connectivity index (χ2v) is 10.6. The second-order valence-electron chi connectivity index (χ2n) is 10.2. The van der Waals surface area contributed by atoms with E-state index in [1.165, 1.54) is 30.3 Å². The van der Waals surface area contributed by atoms with Crippen LogP contribution >= 0.6 is 12.2 Å². The zero-order valence-corrected chi connectivity index (χ0v) is 26.7. The highest BCUT2D eigenvalue weighted by Gasteiger charge is 2.22. The fourth-order valence-corrected chi connectivity index (χ4v) is 4.83. The molecule has 1 heterocycles. The van der Waals surface area contributed by atoms with Gasteiger partial charge in [0.25, 0.3) is 5.91 Å². The van der Waals surface area contributed by atoms with Gasteiger partial charge in [-0.3, -0.25) is 14.8 Å². The first-order valence-electron chi connectivity index (χ1n) is 14.8. The number of hydrogen-bond donors (Lipinski definition) is 6. The Morgan fingerprint density at radius 2 is 1.55 bits per heavy atom. The molecule has 2 aromatic rings. The number of carbonyl (C=O) groups is 3. The van der Waals surface area contributed by atoms with Crippen LogP contribution in [0.1, 0.15) is 10.4 Å². The molecule has 0 aromatic heterocycles. The van der Waals surface area contributed by atoms with Gasteiger partial charge in [-0.1, -0.05) is 6.07 Å². The van der Waals surface area contributed by atoms with Crippen molar-refractivity contribution < 1.29 is 53.5 Å². The number of carboxylic acids is 2. The molecule has 1 aliphatic heterocycles. The summed E-state index contributed by atoms with van der Waals surface area (Å²) in [6, 6.07) is 13.5. The predicted molar refractivity (Wildman–Crippen MR) is 180 cm³/mol. The van der Waals surface area contributed by atoms with Gasteiger partial charge in [-0.2, -0.15) is 0 Å². The average molecular weight is 696 g/mol. The van der Waals surface area contributed by atoms with Crippen LogP contribution in [0.15, 0.2) is 76.0 Å². The molecule has 15 nitrogen and oxygen atoms in total. The first-order valence-corrected chi connectivity index (χ1v) is 15.2. The molecular formula is C33H33N3O12S. The third-order valence-corrected chi connectivity index (χ3v) is 7.05. The number of fused-ring (bicyclic) bond motifs is 2. The summed E-state index contributed by atoms with van der Waals surface area (Å²) in [6.45, 7) is 1.60. The van der Waals surface area contributed by atoms with Crippen LogP contribution in [0.2, 0.25) is 0 Å². The van der Waals surface area contributed by atoms with E-state index < -0.39 is 17.8 Å². The van der Waals surface area contributed by atoms with Crippen molar-refractivity contribution in [3.63, 3.8) is 0 Å². The maximum atomic E-state index is 12.4. The van der Waals surface area contributed by atoms with Crippen LogP contribution in [0.4, 0.5) is 5.69 Å². The number of amides is 1. The number of aromatic hydroxyl groups is 1. The Balaban J connectivity index is 1.21. The fourth-order valence-electron chi connectivity index (χ4n) is 4.61. The van der Waals surface area contributed by atoms with E-state index in [0.717, 1.165) is 6.08 Å². The first kappa shape index (κ1) is 36.4. The Morgan fingerprint density at radius 3 is 2.27 bits per heavy atom. The summed E-state index contributed by atoms with van der Waals surface area (Å²) < 4.78 is 22.0. The van der Waals surface area contributed by atoms with Gasteiger partial charge in [0.15, 0.2) is 10.5 Å². The van der Waals surface area contributed by atoms with Crippen LogP contribution in [0, 0.1) is 0 Å². The van der Waals surface area contributed by atoms with Crippen molar-refractivity contribution in [2.45, 2.75) is 0 Å². The van der Waals surface area contributed by atoms with Crippen molar-refractivity contribution in [2.75, 3.05) is 58.0 Å². The number of carboxylic acid groups (broad SMARTS) is 2. The maximum absolute atomic E-state index is 12.4. The van der Waals surface area contributed by atoms with E-state index >= 15 is 0 Å². The number of nitrogens with zero attached hydrogens (tertiary/aromatic N) is 1. The molecular weight excluding hydrogens is 662 g/mol. The van der Waals surface area contributed by atoms with Crippen LogP contribution in [0.3, 0.4) is 0 Å². The van der Waals surface area contributed by atoms with E-state index in [1.807, 2.05) is 0 Å². The Bertz CT molecular complexity index is 1880. The van der Waals surface area contributed by atoms with Gasteiger partial charge in [-0.15, -0.1) is 0 Å². The van der Waals surface area contributed by atoms with Crippen LogP contribution in [0.5, 0.6) is 5.75 Å². The molecule has 1 amide bonds. The number of rotatable bonds is 17. The number of benzene rings is 3. The summed E-state index contributed by atoms with van der Waals surface area (Å²) in [6.07, 6.45) is 1.35. The summed E-state index contributed by atoms with van der Waals surface area (Å²) in [5.41, 5.74) is 1.86. The molecule has 49 heavy (non-hydrogen) atoms. The minimum atomic E-state index is -1.30. The number of thiocarbonyl (C=S) groups is 1. The minimum Gasteiger partial charge on any atom is -0.508 e. The average Bonchev–Trinajstić information content (AvgIpc) is 3.06. The van der Waals surface area contributed by atoms with Crippen molar-refractivity contribution in [3.8, 4) is 28.2 Å². The Labute approximate surface area is 284 Å². The molecule has 258 valence electrons. The lowest BCUT2D eigenvalue weighted by atomic mass is 9.90. The van der Waals surface area contributed by atoms with Gasteiger partial charge < -0.3 is 44.6 Å². The molecule has 0 saturated carbocycles. The zero-order valence-electron chi connectivity index (χ0n) is 25.9. The third-order valence-electron chi connectivity index (χ3n) is 6.80. The van der Waals surface area contributed by atoms with Crippen LogP contribution in [0.25, 0.3) is 33.4 Å². The van der Waals surface area contributed by atoms with E-state index in [4.69, 9.17) is 36.0 Å². The number of anilines is 1. The molecule has 2 aliphatic rings. The van der Waals surface area contributed by atoms with Gasteiger partial charge in [-0.25, -0.2) is 14.7 Å². The number of phenols is 1. The topological polar surface area (TPSA) is 217 Å². The van der Waals surface area contributed by atoms with Gasteiger partial charge >= 0.3 is 11.9 Å². The van der Waals surface area contributed by atoms with Crippen molar-refractivity contribution in [3.05, 3.63) is 82.5 Å². The highest BCUT2D eigenvalue weighted by molar-refractivity contribution is 7.80. The standard InChI is InChI=1S/C33H33N3O12S/c37-21-2-5-24-27(18-21)48-28-19-22(38)3-6-25(28)31(24)23-4-1-20(17-26(23)32(42)43)35-33(49)34-9-11-45-13-15-47-16-14-46-12-10-36(44)29(39)7-8-30(40)41/h1-8,17-19,37,44H,9-16H2,(H,40,41)(H,42,43)(H2,34,35,49)/b8-7+. The minimum absolute atomic E-state index is 0.0227. The van der Waals surface area contributed by atoms with Crippen molar-refractivity contribution in [2.24, 2.45) is 0 Å². The van der Waals surface area contributed by atoms with Crippen molar-refractivity contribution >= 4 is 51.8 Å². The number of nitrogens with one attached hydrogen (secondary N) is 2. The highest BCUT2D eigenvalue weighted by Crippen LogP contribution is 2.42. The van der Waals surface area contributed by atoms with Gasteiger partial charge in [0, 0.05) is 53.0 Å². The number of aliphatic carboxylic acids is 1. The molecule has 6 N–H and O–H groups in total. The van der Waals surface area contributed by atoms with E-state index in [9.17, 15) is 34.6 Å². The van der Waals surface area contributed by atoms with E-state index in [-0.39, 0.29) is 59.6 Å². The molecule has 0 bridgehead atoms.